The first kappa shape index (κ1) is 27.2. The molecule has 0 aliphatic heterocycles. The minimum absolute atomic E-state index is 0.439. The van der Waals surface area contributed by atoms with Crippen LogP contribution in [0.2, 0.25) is 0 Å². The van der Waals surface area contributed by atoms with Crippen LogP contribution in [0.4, 0.5) is 10.5 Å². The summed E-state index contributed by atoms with van der Waals surface area (Å²) in [5.41, 5.74) is 6.54. The fourth-order valence-electron chi connectivity index (χ4n) is 4.39. The predicted molar refractivity (Wildman–Crippen MR) is 152 cm³/mol. The Balaban J connectivity index is 1.71. The first-order valence-corrected chi connectivity index (χ1v) is 12.7. The number of nitrogens with zero attached hydrogens (tertiary/aromatic N) is 5. The topological polar surface area (TPSA) is 105 Å². The van der Waals surface area contributed by atoms with Crippen molar-refractivity contribution >= 4 is 28.8 Å². The third-order valence-corrected chi connectivity index (χ3v) is 6.26. The molecule has 0 saturated carbocycles. The Hall–Kier alpha value is -4.84. The molecule has 0 amide bonds. The van der Waals surface area contributed by atoms with Crippen LogP contribution in [0.5, 0.6) is 5.75 Å². The van der Waals surface area contributed by atoms with Gasteiger partial charge < -0.3 is 18.9 Å². The number of fused-ring (bicyclic) bond motifs is 1. The Morgan fingerprint density at radius 3 is 2.56 bits per heavy atom. The van der Waals surface area contributed by atoms with Gasteiger partial charge in [-0.05, 0) is 48.2 Å². The standard InChI is InChI=1S/C30H32N6O3/c1-6-9-27-34-28-20(2)16-23(33-29(32-19-31)35(3)4)17-25(28)36(27)18-21-12-14-22(15-13-21)24-10-7-8-11-26(24)39-30(37)38-5/h7-8,10-17H,6,9,18H2,1-5H3,(H,32,33). The van der Waals surface area contributed by atoms with Crippen LogP contribution in [0, 0.1) is 18.4 Å². The van der Waals surface area contributed by atoms with E-state index < -0.39 is 6.16 Å². The number of methoxy groups -OCH3 is 1. The summed E-state index contributed by atoms with van der Waals surface area (Å²) in [6.07, 6.45) is 3.01. The predicted octanol–water partition coefficient (Wildman–Crippen LogP) is 5.78. The third kappa shape index (κ3) is 6.18. The molecule has 0 atom stereocenters. The fraction of sp³-hybridized carbons (Fsp3) is 0.267. The Morgan fingerprint density at radius 1 is 1.15 bits per heavy atom. The number of nitriles is 1. The molecule has 0 unspecified atom stereocenters. The number of ether oxygens (including phenoxy) is 2. The quantitative estimate of drug-likeness (QED) is 0.0816. The van der Waals surface area contributed by atoms with Gasteiger partial charge >= 0.3 is 6.16 Å². The number of guanidine groups is 1. The first-order valence-electron chi connectivity index (χ1n) is 12.7. The number of carbonyl (C=O) groups is 1. The second kappa shape index (κ2) is 12.1. The van der Waals surface area contributed by atoms with Crippen LogP contribution in [0.3, 0.4) is 0 Å². The van der Waals surface area contributed by atoms with Crippen molar-refractivity contribution in [3.8, 4) is 23.1 Å². The van der Waals surface area contributed by atoms with E-state index in [1.165, 1.54) is 7.11 Å². The number of hydrogen-bond acceptors (Lipinski definition) is 6. The Kier molecular flexibility index (Phi) is 8.46. The van der Waals surface area contributed by atoms with Crippen LogP contribution in [0.15, 0.2) is 65.7 Å². The van der Waals surface area contributed by atoms with Crippen LogP contribution >= 0.6 is 0 Å². The second-order valence-electron chi connectivity index (χ2n) is 9.31. The van der Waals surface area contributed by atoms with Crippen molar-refractivity contribution in [2.75, 3.05) is 21.2 Å². The molecule has 1 aromatic heterocycles. The molecule has 200 valence electrons. The summed E-state index contributed by atoms with van der Waals surface area (Å²) in [6.45, 7) is 4.81. The van der Waals surface area contributed by atoms with E-state index in [2.05, 4.69) is 38.7 Å². The van der Waals surface area contributed by atoms with E-state index in [1.54, 1.807) is 11.0 Å². The van der Waals surface area contributed by atoms with Gasteiger partial charge in [0.05, 0.1) is 23.8 Å². The van der Waals surface area contributed by atoms with E-state index in [-0.39, 0.29) is 0 Å². The van der Waals surface area contributed by atoms with Gasteiger partial charge in [-0.1, -0.05) is 49.4 Å². The zero-order chi connectivity index (χ0) is 27.9. The maximum atomic E-state index is 11.7. The van der Waals surface area contributed by atoms with Crippen molar-refractivity contribution in [3.63, 3.8) is 0 Å². The molecule has 0 saturated heterocycles. The number of aromatic nitrogens is 2. The van der Waals surface area contributed by atoms with E-state index in [0.29, 0.717) is 18.3 Å². The van der Waals surface area contributed by atoms with Crippen molar-refractivity contribution in [1.29, 1.82) is 5.26 Å². The monoisotopic (exact) mass is 524 g/mol. The molecule has 9 nitrogen and oxygen atoms in total. The normalized spacial score (nSPS) is 11.2. The Bertz CT molecular complexity index is 1550. The summed E-state index contributed by atoms with van der Waals surface area (Å²) >= 11 is 0. The number of para-hydroxylation sites is 1. The van der Waals surface area contributed by atoms with Crippen LogP contribution in [-0.4, -0.2) is 47.8 Å². The number of aryl methyl sites for hydroxylation is 2. The molecule has 0 aliphatic rings. The van der Waals surface area contributed by atoms with Gasteiger partial charge in [-0.25, -0.2) is 14.8 Å². The van der Waals surface area contributed by atoms with E-state index >= 15 is 0 Å². The summed E-state index contributed by atoms with van der Waals surface area (Å²) in [6, 6.07) is 19.5. The molecule has 4 rings (SSSR count). The van der Waals surface area contributed by atoms with E-state index in [9.17, 15) is 4.79 Å². The SMILES string of the molecule is CCCc1nc2c(C)cc(N=C(NC#N)N(C)C)cc2n1Cc1ccc(-c2ccccc2OC(=O)OC)cc1. The van der Waals surface area contributed by atoms with Gasteiger partial charge in [-0.15, -0.1) is 0 Å². The largest absolute Gasteiger partial charge is 0.513 e. The molecule has 3 aromatic carbocycles. The number of carbonyl (C=O) groups excluding carboxylic acids is 1. The van der Waals surface area contributed by atoms with Crippen LogP contribution < -0.4 is 10.1 Å². The molecule has 0 fully saturated rings. The molecule has 39 heavy (non-hydrogen) atoms. The van der Waals surface area contributed by atoms with Crippen LogP contribution in [0.1, 0.15) is 30.3 Å². The molecule has 1 heterocycles. The molecule has 0 aliphatic carbocycles. The molecule has 0 radical (unpaired) electrons. The van der Waals surface area contributed by atoms with Gasteiger partial charge in [0, 0.05) is 32.6 Å². The molecular weight excluding hydrogens is 492 g/mol. The van der Waals surface area contributed by atoms with Gasteiger partial charge in [0.25, 0.3) is 0 Å². The Morgan fingerprint density at radius 2 is 1.90 bits per heavy atom. The minimum atomic E-state index is -0.755. The number of rotatable bonds is 7. The van der Waals surface area contributed by atoms with Gasteiger partial charge in [0.15, 0.2) is 6.19 Å². The molecule has 0 spiro atoms. The first-order chi connectivity index (χ1) is 18.8. The zero-order valence-corrected chi connectivity index (χ0v) is 22.9. The summed E-state index contributed by atoms with van der Waals surface area (Å²) in [5, 5.41) is 11.7. The van der Waals surface area contributed by atoms with E-state index in [0.717, 1.165) is 57.6 Å². The van der Waals surface area contributed by atoms with Crippen molar-refractivity contribution < 1.29 is 14.3 Å². The van der Waals surface area contributed by atoms with Crippen molar-refractivity contribution in [2.24, 2.45) is 4.99 Å². The van der Waals surface area contributed by atoms with Gasteiger partial charge in [-0.2, -0.15) is 5.26 Å². The van der Waals surface area contributed by atoms with Crippen LogP contribution in [-0.2, 0) is 17.7 Å². The summed E-state index contributed by atoms with van der Waals surface area (Å²) < 4.78 is 12.2. The molecule has 9 heteroatoms. The average molecular weight is 525 g/mol. The second-order valence-corrected chi connectivity index (χ2v) is 9.31. The highest BCUT2D eigenvalue weighted by Crippen LogP contribution is 2.31. The Labute approximate surface area is 228 Å². The average Bonchev–Trinajstić information content (AvgIpc) is 3.26. The lowest BCUT2D eigenvalue weighted by Crippen LogP contribution is -2.32. The highest BCUT2D eigenvalue weighted by molar-refractivity contribution is 5.87. The molecular formula is C30H32N6O3. The minimum Gasteiger partial charge on any atom is -0.437 e. The molecule has 4 aromatic rings. The summed E-state index contributed by atoms with van der Waals surface area (Å²) in [4.78, 5) is 23.1. The highest BCUT2D eigenvalue weighted by atomic mass is 16.7. The summed E-state index contributed by atoms with van der Waals surface area (Å²) in [7, 11) is 4.96. The lowest BCUT2D eigenvalue weighted by molar-refractivity contribution is 0.121. The smallest absolute Gasteiger partial charge is 0.437 e. The zero-order valence-electron chi connectivity index (χ0n) is 22.9. The number of aliphatic imine (C=N–C) groups is 1. The molecule has 0 bridgehead atoms. The van der Waals surface area contributed by atoms with Crippen molar-refractivity contribution in [3.05, 3.63) is 77.6 Å². The van der Waals surface area contributed by atoms with Gasteiger partial charge in [0.1, 0.15) is 11.6 Å². The van der Waals surface area contributed by atoms with Gasteiger partial charge in [0.2, 0.25) is 5.96 Å². The lowest BCUT2D eigenvalue weighted by Gasteiger charge is -2.14. The maximum absolute atomic E-state index is 11.7. The van der Waals surface area contributed by atoms with Crippen molar-refractivity contribution in [2.45, 2.75) is 33.2 Å². The highest BCUT2D eigenvalue weighted by Gasteiger charge is 2.15. The van der Waals surface area contributed by atoms with E-state index in [1.807, 2.05) is 69.7 Å². The number of hydrogen-bond donors (Lipinski definition) is 1. The number of imidazole rings is 1. The summed E-state index contributed by atoms with van der Waals surface area (Å²) in [5.74, 6) is 1.92. The number of benzene rings is 3. The third-order valence-electron chi connectivity index (χ3n) is 6.26. The molecule has 1 N–H and O–H groups in total. The van der Waals surface area contributed by atoms with Crippen molar-refractivity contribution in [1.82, 2.24) is 19.8 Å². The van der Waals surface area contributed by atoms with Gasteiger partial charge in [-0.3, -0.25) is 5.32 Å². The van der Waals surface area contributed by atoms with E-state index in [4.69, 9.17) is 15.0 Å². The fourth-order valence-corrected chi connectivity index (χ4v) is 4.39. The maximum Gasteiger partial charge on any atom is 0.513 e. The lowest BCUT2D eigenvalue weighted by atomic mass is 10.0. The van der Waals surface area contributed by atoms with Crippen LogP contribution in [0.25, 0.3) is 22.2 Å². The number of nitrogens with one attached hydrogen (secondary N) is 1.